The van der Waals surface area contributed by atoms with E-state index < -0.39 is 0 Å². The Hall–Kier alpha value is -1.35. The minimum absolute atomic E-state index is 0.00954. The van der Waals surface area contributed by atoms with E-state index in [2.05, 4.69) is 38.2 Å². The van der Waals surface area contributed by atoms with Gasteiger partial charge in [0.2, 0.25) is 5.91 Å². The topological polar surface area (TPSA) is 38.3 Å². The molecule has 0 saturated carbocycles. The van der Waals surface area contributed by atoms with Gasteiger partial charge in [0, 0.05) is 6.61 Å². The molecule has 1 aromatic rings. The van der Waals surface area contributed by atoms with Gasteiger partial charge in [0.25, 0.3) is 0 Å². The van der Waals surface area contributed by atoms with Crippen LogP contribution in [0.5, 0.6) is 0 Å². The third-order valence-electron chi connectivity index (χ3n) is 4.33. The zero-order chi connectivity index (χ0) is 14.6. The summed E-state index contributed by atoms with van der Waals surface area (Å²) in [5.41, 5.74) is 1.17. The second-order valence-electron chi connectivity index (χ2n) is 6.20. The van der Waals surface area contributed by atoms with Crippen LogP contribution in [-0.4, -0.2) is 18.6 Å². The van der Waals surface area contributed by atoms with Gasteiger partial charge < -0.3 is 10.1 Å². The fourth-order valence-corrected chi connectivity index (χ4v) is 2.60. The van der Waals surface area contributed by atoms with Crippen LogP contribution < -0.4 is 5.32 Å². The highest BCUT2D eigenvalue weighted by molar-refractivity contribution is 5.81. The summed E-state index contributed by atoms with van der Waals surface area (Å²) in [4.78, 5) is 12.4. The summed E-state index contributed by atoms with van der Waals surface area (Å²) in [5.74, 6) is 0.0258. The van der Waals surface area contributed by atoms with Crippen molar-refractivity contribution in [3.05, 3.63) is 35.9 Å². The summed E-state index contributed by atoms with van der Waals surface area (Å²) >= 11 is 0. The third kappa shape index (κ3) is 3.40. The highest BCUT2D eigenvalue weighted by Crippen LogP contribution is 2.36. The molecule has 1 N–H and O–H groups in total. The van der Waals surface area contributed by atoms with Crippen LogP contribution in [0.3, 0.4) is 0 Å². The van der Waals surface area contributed by atoms with Crippen LogP contribution in [0.1, 0.15) is 51.6 Å². The van der Waals surface area contributed by atoms with E-state index in [1.54, 1.807) is 0 Å². The zero-order valence-corrected chi connectivity index (χ0v) is 12.7. The first kappa shape index (κ1) is 15.0. The van der Waals surface area contributed by atoms with Crippen molar-refractivity contribution in [3.8, 4) is 0 Å². The molecule has 3 nitrogen and oxygen atoms in total. The average molecular weight is 275 g/mol. The van der Waals surface area contributed by atoms with Crippen molar-refractivity contribution in [1.29, 1.82) is 0 Å². The van der Waals surface area contributed by atoms with Crippen molar-refractivity contribution in [3.63, 3.8) is 0 Å². The number of rotatable bonds is 5. The third-order valence-corrected chi connectivity index (χ3v) is 4.33. The summed E-state index contributed by atoms with van der Waals surface area (Å²) in [6.45, 7) is 7.25. The molecule has 1 amide bonds. The Labute approximate surface area is 121 Å². The lowest BCUT2D eigenvalue weighted by atomic mass is 9.78. The minimum atomic E-state index is -0.270. The number of hydrogen-bond acceptors (Lipinski definition) is 2. The lowest BCUT2D eigenvalue weighted by Crippen LogP contribution is -2.42. The van der Waals surface area contributed by atoms with Crippen molar-refractivity contribution in [2.45, 2.75) is 52.2 Å². The summed E-state index contributed by atoms with van der Waals surface area (Å²) < 4.78 is 5.49. The molecule has 3 heteroatoms. The van der Waals surface area contributed by atoms with Crippen LogP contribution in [0.4, 0.5) is 0 Å². The first-order valence-electron chi connectivity index (χ1n) is 7.51. The van der Waals surface area contributed by atoms with Crippen molar-refractivity contribution in [2.24, 2.45) is 5.41 Å². The Balaban J connectivity index is 2.17. The van der Waals surface area contributed by atoms with Crippen LogP contribution in [-0.2, 0) is 9.53 Å². The van der Waals surface area contributed by atoms with Crippen LogP contribution in [0.2, 0.25) is 0 Å². The second kappa shape index (κ2) is 6.40. The molecule has 0 spiro atoms. The van der Waals surface area contributed by atoms with Gasteiger partial charge in [-0.2, -0.15) is 0 Å². The van der Waals surface area contributed by atoms with Crippen molar-refractivity contribution in [2.75, 3.05) is 6.61 Å². The lowest BCUT2D eigenvalue weighted by Gasteiger charge is -2.35. The van der Waals surface area contributed by atoms with Gasteiger partial charge >= 0.3 is 0 Å². The van der Waals surface area contributed by atoms with Crippen molar-refractivity contribution < 1.29 is 9.53 Å². The SMILES string of the molecule is CCC(C)(C)[C@H](NC(=O)[C@H]1CCCO1)c1ccccc1. The molecule has 1 fully saturated rings. The van der Waals surface area contributed by atoms with Crippen LogP contribution in [0.25, 0.3) is 0 Å². The highest BCUT2D eigenvalue weighted by atomic mass is 16.5. The quantitative estimate of drug-likeness (QED) is 0.893. The molecule has 1 heterocycles. The lowest BCUT2D eigenvalue weighted by molar-refractivity contribution is -0.131. The number of benzene rings is 1. The van der Waals surface area contributed by atoms with Gasteiger partial charge in [-0.1, -0.05) is 51.1 Å². The van der Waals surface area contributed by atoms with Gasteiger partial charge in [0.15, 0.2) is 0 Å². The standard InChI is InChI=1S/C17H25NO2/c1-4-17(2,3)15(13-9-6-5-7-10-13)18-16(19)14-11-8-12-20-14/h5-7,9-10,14-15H,4,8,11-12H2,1-3H3,(H,18,19)/t14-,15-/m1/s1. The molecular weight excluding hydrogens is 250 g/mol. The highest BCUT2D eigenvalue weighted by Gasteiger charge is 2.33. The molecule has 2 atom stereocenters. The molecule has 0 aromatic heterocycles. The van der Waals surface area contributed by atoms with Crippen molar-refractivity contribution >= 4 is 5.91 Å². The Kier molecular flexibility index (Phi) is 4.81. The fraction of sp³-hybridized carbons (Fsp3) is 0.588. The maximum Gasteiger partial charge on any atom is 0.249 e. The van der Waals surface area contributed by atoms with E-state index in [1.165, 1.54) is 0 Å². The molecule has 0 bridgehead atoms. The number of amides is 1. The van der Waals surface area contributed by atoms with E-state index in [0.717, 1.165) is 24.8 Å². The van der Waals surface area contributed by atoms with E-state index in [0.29, 0.717) is 6.61 Å². The molecule has 20 heavy (non-hydrogen) atoms. The molecule has 0 aliphatic carbocycles. The van der Waals surface area contributed by atoms with Crippen LogP contribution >= 0.6 is 0 Å². The van der Waals surface area contributed by atoms with Gasteiger partial charge in [-0.15, -0.1) is 0 Å². The van der Waals surface area contributed by atoms with Crippen molar-refractivity contribution in [1.82, 2.24) is 5.32 Å². The summed E-state index contributed by atoms with van der Waals surface area (Å²) in [6.07, 6.45) is 2.54. The molecule has 1 aromatic carbocycles. The minimum Gasteiger partial charge on any atom is -0.368 e. The molecular formula is C17H25NO2. The Morgan fingerprint density at radius 3 is 2.65 bits per heavy atom. The fourth-order valence-electron chi connectivity index (χ4n) is 2.60. The molecule has 1 aliphatic rings. The monoisotopic (exact) mass is 275 g/mol. The maximum atomic E-state index is 12.4. The predicted octanol–water partition coefficient (Wildman–Crippen LogP) is 3.46. The molecule has 0 radical (unpaired) electrons. The Morgan fingerprint density at radius 2 is 2.10 bits per heavy atom. The normalized spacial score (nSPS) is 20.6. The number of nitrogens with one attached hydrogen (secondary N) is 1. The number of carbonyl (C=O) groups is 1. The van der Waals surface area contributed by atoms with E-state index in [4.69, 9.17) is 4.74 Å². The number of ether oxygens (including phenoxy) is 1. The van der Waals surface area contributed by atoms with Gasteiger partial charge in [-0.25, -0.2) is 0 Å². The molecule has 1 saturated heterocycles. The first-order chi connectivity index (χ1) is 9.54. The predicted molar refractivity (Wildman–Crippen MR) is 80.4 cm³/mol. The molecule has 2 rings (SSSR count). The van der Waals surface area contributed by atoms with E-state index in [-0.39, 0.29) is 23.5 Å². The number of carbonyl (C=O) groups excluding carboxylic acids is 1. The Morgan fingerprint density at radius 1 is 1.40 bits per heavy atom. The molecule has 0 unspecified atom stereocenters. The smallest absolute Gasteiger partial charge is 0.249 e. The first-order valence-corrected chi connectivity index (χ1v) is 7.51. The average Bonchev–Trinajstić information content (AvgIpc) is 2.99. The zero-order valence-electron chi connectivity index (χ0n) is 12.7. The second-order valence-corrected chi connectivity index (χ2v) is 6.20. The maximum absolute atomic E-state index is 12.4. The van der Waals surface area contributed by atoms with Gasteiger partial charge in [0.05, 0.1) is 6.04 Å². The van der Waals surface area contributed by atoms with Gasteiger partial charge in [0.1, 0.15) is 6.10 Å². The van der Waals surface area contributed by atoms with Gasteiger partial charge in [-0.3, -0.25) is 4.79 Å². The number of hydrogen-bond donors (Lipinski definition) is 1. The van der Waals surface area contributed by atoms with Crippen LogP contribution in [0.15, 0.2) is 30.3 Å². The Bertz CT molecular complexity index is 436. The van der Waals surface area contributed by atoms with E-state index >= 15 is 0 Å². The summed E-state index contributed by atoms with van der Waals surface area (Å²) in [7, 11) is 0. The molecule has 110 valence electrons. The summed E-state index contributed by atoms with van der Waals surface area (Å²) in [5, 5.41) is 3.20. The largest absolute Gasteiger partial charge is 0.368 e. The molecule has 1 aliphatic heterocycles. The van der Waals surface area contributed by atoms with E-state index in [9.17, 15) is 4.79 Å². The van der Waals surface area contributed by atoms with Crippen LogP contribution in [0, 0.1) is 5.41 Å². The van der Waals surface area contributed by atoms with Gasteiger partial charge in [-0.05, 0) is 30.2 Å². The summed E-state index contributed by atoms with van der Waals surface area (Å²) in [6, 6.07) is 10.2. The van der Waals surface area contributed by atoms with E-state index in [1.807, 2.05) is 18.2 Å².